The van der Waals surface area contributed by atoms with Gasteiger partial charge in [-0.15, -0.1) is 0 Å². The lowest BCUT2D eigenvalue weighted by Crippen LogP contribution is -2.54. The van der Waals surface area contributed by atoms with Crippen LogP contribution in [0.1, 0.15) is 39.2 Å². The second kappa shape index (κ2) is 10.4. The number of carbonyl (C=O) groups is 2. The smallest absolute Gasteiger partial charge is 0.251 e. The molecule has 3 atom stereocenters. The summed E-state index contributed by atoms with van der Waals surface area (Å²) in [6.07, 6.45) is -0.721. The van der Waals surface area contributed by atoms with E-state index in [1.54, 1.807) is 19.1 Å². The Balaban J connectivity index is 2.74. The van der Waals surface area contributed by atoms with Crippen molar-refractivity contribution in [2.75, 3.05) is 27.4 Å². The SMILES string of the molecule is COCC(OC)C(=O)N[C@H](CNC(=O)C(C)c1cccc(F)c1)C(C)(C)C. The van der Waals surface area contributed by atoms with Crippen molar-refractivity contribution in [3.05, 3.63) is 35.6 Å². The number of hydrogen-bond donors (Lipinski definition) is 2. The highest BCUT2D eigenvalue weighted by Crippen LogP contribution is 2.20. The third-order valence-corrected chi connectivity index (χ3v) is 4.48. The molecule has 2 unspecified atom stereocenters. The number of benzene rings is 1. The van der Waals surface area contributed by atoms with Crippen LogP contribution < -0.4 is 10.6 Å². The van der Waals surface area contributed by atoms with Gasteiger partial charge in [-0.2, -0.15) is 0 Å². The summed E-state index contributed by atoms with van der Waals surface area (Å²) in [5, 5.41) is 5.77. The molecule has 1 aromatic carbocycles. The van der Waals surface area contributed by atoms with E-state index < -0.39 is 12.0 Å². The van der Waals surface area contributed by atoms with Crippen molar-refractivity contribution in [3.8, 4) is 0 Å². The quantitative estimate of drug-likeness (QED) is 0.687. The van der Waals surface area contributed by atoms with E-state index in [4.69, 9.17) is 9.47 Å². The van der Waals surface area contributed by atoms with E-state index >= 15 is 0 Å². The van der Waals surface area contributed by atoms with Crippen molar-refractivity contribution in [2.45, 2.75) is 45.8 Å². The van der Waals surface area contributed by atoms with Crippen LogP contribution in [-0.4, -0.2) is 51.3 Å². The Bertz CT molecular complexity index is 631. The monoisotopic (exact) mass is 382 g/mol. The van der Waals surface area contributed by atoms with Gasteiger partial charge in [0, 0.05) is 20.8 Å². The van der Waals surface area contributed by atoms with Crippen molar-refractivity contribution in [1.29, 1.82) is 0 Å². The fourth-order valence-corrected chi connectivity index (χ4v) is 2.52. The first-order valence-electron chi connectivity index (χ1n) is 8.95. The molecule has 0 bridgehead atoms. The molecular weight excluding hydrogens is 351 g/mol. The van der Waals surface area contributed by atoms with Crippen LogP contribution in [0, 0.1) is 11.2 Å². The zero-order valence-electron chi connectivity index (χ0n) is 17.0. The van der Waals surface area contributed by atoms with Gasteiger partial charge in [0.2, 0.25) is 5.91 Å². The molecule has 0 aliphatic carbocycles. The molecule has 27 heavy (non-hydrogen) atoms. The molecule has 7 heteroatoms. The number of methoxy groups -OCH3 is 2. The van der Waals surface area contributed by atoms with Crippen molar-refractivity contribution >= 4 is 11.8 Å². The first-order chi connectivity index (χ1) is 12.6. The van der Waals surface area contributed by atoms with Crippen LogP contribution in [-0.2, 0) is 19.1 Å². The lowest BCUT2D eigenvalue weighted by atomic mass is 9.86. The van der Waals surface area contributed by atoms with Gasteiger partial charge in [-0.3, -0.25) is 9.59 Å². The Morgan fingerprint density at radius 1 is 1.19 bits per heavy atom. The zero-order valence-corrected chi connectivity index (χ0v) is 17.0. The lowest BCUT2D eigenvalue weighted by molar-refractivity contribution is -0.135. The molecule has 1 rings (SSSR count). The maximum absolute atomic E-state index is 13.4. The van der Waals surface area contributed by atoms with Crippen LogP contribution in [0.25, 0.3) is 0 Å². The molecule has 152 valence electrons. The van der Waals surface area contributed by atoms with E-state index in [0.717, 1.165) is 0 Å². The van der Waals surface area contributed by atoms with Crippen molar-refractivity contribution in [3.63, 3.8) is 0 Å². The van der Waals surface area contributed by atoms with Gasteiger partial charge in [0.05, 0.1) is 18.6 Å². The highest BCUT2D eigenvalue weighted by Gasteiger charge is 2.30. The van der Waals surface area contributed by atoms with E-state index in [1.807, 2.05) is 20.8 Å². The molecule has 0 aromatic heterocycles. The molecule has 0 aliphatic rings. The third kappa shape index (κ3) is 7.27. The normalized spacial score (nSPS) is 14.9. The average molecular weight is 382 g/mol. The third-order valence-electron chi connectivity index (χ3n) is 4.48. The molecule has 0 saturated carbocycles. The molecule has 0 heterocycles. The Hall–Kier alpha value is -1.99. The van der Waals surface area contributed by atoms with E-state index in [-0.39, 0.29) is 42.2 Å². The number of hydrogen-bond acceptors (Lipinski definition) is 4. The predicted molar refractivity (Wildman–Crippen MR) is 102 cm³/mol. The van der Waals surface area contributed by atoms with Crippen LogP contribution >= 0.6 is 0 Å². The minimum absolute atomic E-state index is 0.141. The largest absolute Gasteiger partial charge is 0.381 e. The van der Waals surface area contributed by atoms with E-state index in [0.29, 0.717) is 5.56 Å². The van der Waals surface area contributed by atoms with Crippen LogP contribution in [0.3, 0.4) is 0 Å². The minimum Gasteiger partial charge on any atom is -0.381 e. The Labute approximate surface area is 160 Å². The van der Waals surface area contributed by atoms with E-state index in [9.17, 15) is 14.0 Å². The van der Waals surface area contributed by atoms with Gasteiger partial charge in [-0.25, -0.2) is 4.39 Å². The Morgan fingerprint density at radius 2 is 1.85 bits per heavy atom. The van der Waals surface area contributed by atoms with Gasteiger partial charge in [0.25, 0.3) is 5.91 Å². The summed E-state index contributed by atoms with van der Waals surface area (Å²) < 4.78 is 23.5. The van der Waals surface area contributed by atoms with E-state index in [2.05, 4.69) is 10.6 Å². The Morgan fingerprint density at radius 3 is 2.37 bits per heavy atom. The molecule has 0 spiro atoms. The lowest BCUT2D eigenvalue weighted by Gasteiger charge is -2.33. The second-order valence-corrected chi connectivity index (χ2v) is 7.63. The standard InChI is InChI=1S/C20H31FN2O4/c1-13(14-8-7-9-15(21)10-14)18(24)22-11-17(20(2,3)4)23-19(25)16(27-6)12-26-5/h7-10,13,16-17H,11-12H2,1-6H3,(H,22,24)(H,23,25)/t13?,16?,17-/m1/s1. The number of amides is 2. The molecule has 0 saturated heterocycles. The summed E-state index contributed by atoms with van der Waals surface area (Å²) in [4.78, 5) is 24.9. The predicted octanol–water partition coefficient (Wildman–Crippen LogP) is 2.24. The van der Waals surface area contributed by atoms with Crippen molar-refractivity contribution in [2.24, 2.45) is 5.41 Å². The summed E-state index contributed by atoms with van der Waals surface area (Å²) in [5.74, 6) is -1.41. The molecule has 0 radical (unpaired) electrons. The Kier molecular flexibility index (Phi) is 8.85. The summed E-state index contributed by atoms with van der Waals surface area (Å²) in [7, 11) is 2.94. The first kappa shape index (κ1) is 23.0. The molecule has 6 nitrogen and oxygen atoms in total. The minimum atomic E-state index is -0.721. The summed E-state index contributed by atoms with van der Waals surface area (Å²) in [6, 6.07) is 5.66. The van der Waals surface area contributed by atoms with Gasteiger partial charge in [-0.1, -0.05) is 32.9 Å². The molecule has 0 fully saturated rings. The fourth-order valence-electron chi connectivity index (χ4n) is 2.52. The second-order valence-electron chi connectivity index (χ2n) is 7.63. The average Bonchev–Trinajstić information content (AvgIpc) is 2.60. The molecule has 1 aromatic rings. The van der Waals surface area contributed by atoms with Crippen LogP contribution in [0.4, 0.5) is 4.39 Å². The van der Waals surface area contributed by atoms with Gasteiger partial charge >= 0.3 is 0 Å². The highest BCUT2D eigenvalue weighted by molar-refractivity contribution is 5.83. The fraction of sp³-hybridized carbons (Fsp3) is 0.600. The zero-order chi connectivity index (χ0) is 20.6. The first-order valence-corrected chi connectivity index (χ1v) is 8.95. The van der Waals surface area contributed by atoms with E-state index in [1.165, 1.54) is 26.4 Å². The summed E-state index contributed by atoms with van der Waals surface area (Å²) in [5.41, 5.74) is 0.305. The van der Waals surface area contributed by atoms with Crippen molar-refractivity contribution < 1.29 is 23.5 Å². The summed E-state index contributed by atoms with van der Waals surface area (Å²) >= 11 is 0. The van der Waals surface area contributed by atoms with Crippen LogP contribution in [0.15, 0.2) is 24.3 Å². The van der Waals surface area contributed by atoms with Crippen molar-refractivity contribution in [1.82, 2.24) is 10.6 Å². The number of rotatable bonds is 9. The number of ether oxygens (including phenoxy) is 2. The van der Waals surface area contributed by atoms with Gasteiger partial charge in [0.15, 0.2) is 6.10 Å². The maximum Gasteiger partial charge on any atom is 0.251 e. The molecule has 2 N–H and O–H groups in total. The molecular formula is C20H31FN2O4. The van der Waals surface area contributed by atoms with Crippen LogP contribution in [0.2, 0.25) is 0 Å². The number of nitrogens with one attached hydrogen (secondary N) is 2. The molecule has 0 aliphatic heterocycles. The van der Waals surface area contributed by atoms with Gasteiger partial charge < -0.3 is 20.1 Å². The maximum atomic E-state index is 13.4. The topological polar surface area (TPSA) is 76.7 Å². The van der Waals surface area contributed by atoms with Gasteiger partial charge in [0.1, 0.15) is 5.82 Å². The number of carbonyl (C=O) groups excluding carboxylic acids is 2. The summed E-state index contributed by atoms with van der Waals surface area (Å²) in [6.45, 7) is 8.02. The van der Waals surface area contributed by atoms with Crippen LogP contribution in [0.5, 0.6) is 0 Å². The molecule has 2 amide bonds. The highest BCUT2D eigenvalue weighted by atomic mass is 19.1. The number of halogens is 1. The van der Waals surface area contributed by atoms with Gasteiger partial charge in [-0.05, 0) is 30.0 Å².